The molecule has 4 atom stereocenters. The smallest absolute Gasteiger partial charge is 0.326 e. The SMILES string of the molecule is CC(C)C(NC(=O)C1CCCN1C(=O)CNC(=O)C(N)C(C)O)C(=O)O. The molecule has 0 spiro atoms. The van der Waals surface area contributed by atoms with Gasteiger partial charge < -0.3 is 31.5 Å². The van der Waals surface area contributed by atoms with Crippen LogP contribution in [-0.2, 0) is 19.2 Å². The molecule has 0 aromatic heterocycles. The molecule has 1 heterocycles. The van der Waals surface area contributed by atoms with Gasteiger partial charge in [-0.05, 0) is 25.7 Å². The average molecular weight is 372 g/mol. The molecule has 148 valence electrons. The monoisotopic (exact) mass is 372 g/mol. The summed E-state index contributed by atoms with van der Waals surface area (Å²) in [6.07, 6.45) is -0.0348. The summed E-state index contributed by atoms with van der Waals surface area (Å²) in [6, 6.07) is -2.96. The molecule has 0 aliphatic carbocycles. The number of hydrogen-bond acceptors (Lipinski definition) is 6. The highest BCUT2D eigenvalue weighted by atomic mass is 16.4. The number of likely N-dealkylation sites (tertiary alicyclic amines) is 1. The Bertz CT molecular complexity index is 551. The van der Waals surface area contributed by atoms with Crippen molar-refractivity contribution in [3.8, 4) is 0 Å². The molecule has 1 rings (SSSR count). The van der Waals surface area contributed by atoms with Gasteiger partial charge in [-0.2, -0.15) is 0 Å². The lowest BCUT2D eigenvalue weighted by Gasteiger charge is -2.27. The Labute approximate surface area is 152 Å². The Morgan fingerprint density at radius 3 is 2.35 bits per heavy atom. The minimum absolute atomic E-state index is 0.303. The highest BCUT2D eigenvalue weighted by Gasteiger charge is 2.36. The summed E-state index contributed by atoms with van der Waals surface area (Å²) in [6.45, 7) is 4.71. The van der Waals surface area contributed by atoms with Gasteiger partial charge in [0.05, 0.1) is 12.6 Å². The molecule has 1 saturated heterocycles. The molecule has 0 radical (unpaired) electrons. The van der Waals surface area contributed by atoms with Gasteiger partial charge in [-0.25, -0.2) is 4.79 Å². The summed E-state index contributed by atoms with van der Waals surface area (Å²) >= 11 is 0. The van der Waals surface area contributed by atoms with Crippen LogP contribution in [0.2, 0.25) is 0 Å². The van der Waals surface area contributed by atoms with Crippen molar-refractivity contribution in [2.45, 2.75) is 57.8 Å². The predicted octanol–water partition coefficient (Wildman–Crippen LogP) is -1.97. The fourth-order valence-electron chi connectivity index (χ4n) is 2.70. The number of carbonyl (C=O) groups is 4. The molecule has 1 fully saturated rings. The lowest BCUT2D eigenvalue weighted by Crippen LogP contribution is -2.54. The van der Waals surface area contributed by atoms with Crippen molar-refractivity contribution in [2.24, 2.45) is 11.7 Å². The van der Waals surface area contributed by atoms with Crippen molar-refractivity contribution < 1.29 is 29.4 Å². The maximum absolute atomic E-state index is 12.4. The minimum atomic E-state index is -1.15. The molecular formula is C16H28N4O6. The molecule has 1 aliphatic rings. The molecule has 0 saturated carbocycles. The number of aliphatic hydroxyl groups is 1. The molecule has 1 aliphatic heterocycles. The van der Waals surface area contributed by atoms with E-state index in [1.54, 1.807) is 13.8 Å². The molecule has 6 N–H and O–H groups in total. The van der Waals surface area contributed by atoms with Gasteiger partial charge in [0, 0.05) is 6.54 Å². The van der Waals surface area contributed by atoms with Gasteiger partial charge in [0.25, 0.3) is 0 Å². The fourth-order valence-corrected chi connectivity index (χ4v) is 2.70. The topological polar surface area (TPSA) is 162 Å². The van der Waals surface area contributed by atoms with E-state index in [4.69, 9.17) is 5.73 Å². The number of nitrogens with one attached hydrogen (secondary N) is 2. The fraction of sp³-hybridized carbons (Fsp3) is 0.750. The second kappa shape index (κ2) is 9.48. The van der Waals surface area contributed by atoms with Gasteiger partial charge >= 0.3 is 5.97 Å². The van der Waals surface area contributed by atoms with Crippen LogP contribution in [0.1, 0.15) is 33.6 Å². The number of amides is 3. The maximum atomic E-state index is 12.4. The molecule has 10 nitrogen and oxygen atoms in total. The highest BCUT2D eigenvalue weighted by molar-refractivity contribution is 5.93. The number of aliphatic carboxylic acids is 1. The summed E-state index contributed by atoms with van der Waals surface area (Å²) in [7, 11) is 0. The van der Waals surface area contributed by atoms with Gasteiger partial charge in [-0.3, -0.25) is 14.4 Å². The zero-order chi connectivity index (χ0) is 20.0. The highest BCUT2D eigenvalue weighted by Crippen LogP contribution is 2.18. The lowest BCUT2D eigenvalue weighted by atomic mass is 10.0. The van der Waals surface area contributed by atoms with Gasteiger partial charge in [0.1, 0.15) is 18.1 Å². The van der Waals surface area contributed by atoms with E-state index in [2.05, 4.69) is 10.6 Å². The maximum Gasteiger partial charge on any atom is 0.326 e. The van der Waals surface area contributed by atoms with E-state index in [1.165, 1.54) is 11.8 Å². The van der Waals surface area contributed by atoms with Crippen molar-refractivity contribution in [1.82, 2.24) is 15.5 Å². The van der Waals surface area contributed by atoms with Crippen LogP contribution in [0, 0.1) is 5.92 Å². The first-order valence-electron chi connectivity index (χ1n) is 8.60. The van der Waals surface area contributed by atoms with Crippen LogP contribution in [0.3, 0.4) is 0 Å². The Morgan fingerprint density at radius 2 is 1.85 bits per heavy atom. The first kappa shape index (κ1) is 21.8. The van der Waals surface area contributed by atoms with Crippen molar-refractivity contribution in [2.75, 3.05) is 13.1 Å². The Hall–Kier alpha value is -2.20. The third kappa shape index (κ3) is 5.67. The van der Waals surface area contributed by atoms with Crippen molar-refractivity contribution in [3.05, 3.63) is 0 Å². The predicted molar refractivity (Wildman–Crippen MR) is 91.8 cm³/mol. The van der Waals surface area contributed by atoms with Crippen LogP contribution in [0.4, 0.5) is 0 Å². The van der Waals surface area contributed by atoms with E-state index in [9.17, 15) is 29.4 Å². The van der Waals surface area contributed by atoms with Crippen molar-refractivity contribution in [3.63, 3.8) is 0 Å². The van der Waals surface area contributed by atoms with Crippen LogP contribution in [-0.4, -0.2) is 76.1 Å². The zero-order valence-electron chi connectivity index (χ0n) is 15.3. The number of aliphatic hydroxyl groups excluding tert-OH is 1. The summed E-state index contributed by atoms with van der Waals surface area (Å²) in [5.74, 6) is -3.10. The minimum Gasteiger partial charge on any atom is -0.480 e. The van der Waals surface area contributed by atoms with Crippen molar-refractivity contribution >= 4 is 23.7 Å². The molecule has 10 heteroatoms. The van der Waals surface area contributed by atoms with E-state index < -0.39 is 47.9 Å². The van der Waals surface area contributed by atoms with Gasteiger partial charge in [0.15, 0.2) is 0 Å². The number of carboxylic acids is 1. The molecular weight excluding hydrogens is 344 g/mol. The zero-order valence-corrected chi connectivity index (χ0v) is 15.3. The van der Waals surface area contributed by atoms with E-state index in [-0.39, 0.29) is 12.5 Å². The van der Waals surface area contributed by atoms with Crippen LogP contribution in [0.25, 0.3) is 0 Å². The Kier molecular flexibility index (Phi) is 7.97. The second-order valence-electron chi connectivity index (χ2n) is 6.80. The lowest BCUT2D eigenvalue weighted by molar-refractivity contribution is -0.145. The first-order valence-corrected chi connectivity index (χ1v) is 8.60. The Balaban J connectivity index is 2.66. The van der Waals surface area contributed by atoms with Gasteiger partial charge in [-0.1, -0.05) is 13.8 Å². The van der Waals surface area contributed by atoms with Gasteiger partial charge in [0.2, 0.25) is 17.7 Å². The van der Waals surface area contributed by atoms with Crippen LogP contribution in [0.15, 0.2) is 0 Å². The van der Waals surface area contributed by atoms with E-state index in [0.29, 0.717) is 19.4 Å². The molecule has 26 heavy (non-hydrogen) atoms. The summed E-state index contributed by atoms with van der Waals surface area (Å²) in [5.41, 5.74) is 5.48. The average Bonchev–Trinajstić information content (AvgIpc) is 3.05. The number of rotatable bonds is 8. The summed E-state index contributed by atoms with van der Waals surface area (Å²) in [4.78, 5) is 49.0. The largest absolute Gasteiger partial charge is 0.480 e. The molecule has 0 aromatic carbocycles. The van der Waals surface area contributed by atoms with Crippen molar-refractivity contribution in [1.29, 1.82) is 0 Å². The molecule has 3 amide bonds. The number of nitrogens with zero attached hydrogens (tertiary/aromatic N) is 1. The van der Waals surface area contributed by atoms with E-state index in [1.807, 2.05) is 0 Å². The molecule has 0 aromatic rings. The Morgan fingerprint density at radius 1 is 1.23 bits per heavy atom. The molecule has 0 bridgehead atoms. The van der Waals surface area contributed by atoms with Crippen LogP contribution >= 0.6 is 0 Å². The third-order valence-corrected chi connectivity index (χ3v) is 4.34. The number of hydrogen-bond donors (Lipinski definition) is 5. The molecule has 4 unspecified atom stereocenters. The number of nitrogens with two attached hydrogens (primary N) is 1. The number of carbonyl (C=O) groups excluding carboxylic acids is 3. The summed E-state index contributed by atoms with van der Waals surface area (Å²) in [5, 5.41) is 23.3. The number of carboxylic acid groups (broad SMARTS) is 1. The normalized spacial score (nSPS) is 20.4. The van der Waals surface area contributed by atoms with E-state index >= 15 is 0 Å². The second-order valence-corrected chi connectivity index (χ2v) is 6.80. The first-order chi connectivity index (χ1) is 12.1. The van der Waals surface area contributed by atoms with E-state index in [0.717, 1.165) is 0 Å². The summed E-state index contributed by atoms with van der Waals surface area (Å²) < 4.78 is 0. The van der Waals surface area contributed by atoms with Gasteiger partial charge in [-0.15, -0.1) is 0 Å². The standard InChI is InChI=1S/C16H28N4O6/c1-8(2)13(16(25)26)19-14(23)10-5-4-6-20(10)11(22)7-18-15(24)12(17)9(3)21/h8-10,12-13,21H,4-7,17H2,1-3H3,(H,18,24)(H,19,23)(H,25,26). The van der Waals surface area contributed by atoms with Crippen LogP contribution < -0.4 is 16.4 Å². The quantitative estimate of drug-likeness (QED) is 0.330. The van der Waals surface area contributed by atoms with Crippen LogP contribution in [0.5, 0.6) is 0 Å². The third-order valence-electron chi connectivity index (χ3n) is 4.34.